The van der Waals surface area contributed by atoms with E-state index in [1.54, 1.807) is 0 Å². The minimum absolute atomic E-state index is 0. The zero-order valence-corrected chi connectivity index (χ0v) is 2.90. The minimum atomic E-state index is -0.250. The van der Waals surface area contributed by atoms with E-state index in [-0.39, 0.29) is 14.2 Å². The first kappa shape index (κ1) is 9.07. The zero-order chi connectivity index (χ0) is 5.41. The summed E-state index contributed by atoms with van der Waals surface area (Å²) in [7, 11) is 0. The van der Waals surface area contributed by atoms with Crippen molar-refractivity contribution in [1.82, 2.24) is 0 Å². The van der Waals surface area contributed by atoms with Crippen LogP contribution in [0.5, 0.6) is 0 Å². The molecule has 0 aliphatic rings. The van der Waals surface area contributed by atoms with E-state index < -0.39 is 0 Å². The van der Waals surface area contributed by atoms with Crippen molar-refractivity contribution in [2.45, 2.75) is 0 Å². The van der Waals surface area contributed by atoms with Gasteiger partial charge in [-0.05, 0) is 0 Å². The van der Waals surface area contributed by atoms with E-state index in [2.05, 4.69) is 0 Å². The Balaban J connectivity index is 0. The van der Waals surface area contributed by atoms with E-state index in [1.165, 1.54) is 0 Å². The lowest BCUT2D eigenvalue weighted by Gasteiger charge is -1.46. The molecule has 35 valence electrons. The topological polar surface area (TPSA) is 77.8 Å². The Labute approximate surface area is 35.3 Å². The van der Waals surface area contributed by atoms with Crippen LogP contribution in [0.3, 0.4) is 0 Å². The Kier molecular flexibility index (Phi) is 38.0. The third-order valence-corrected chi connectivity index (χ3v) is 0. The maximum atomic E-state index is 8.36. The molecule has 0 aliphatic carbocycles. The quantitative estimate of drug-likeness (QED) is 0.243. The monoisotopic (exact) mass is 91.0 g/mol. The molecule has 0 fully saturated rings. The number of hydrogen-bond acceptors (Lipinski definition) is 3. The summed E-state index contributed by atoms with van der Waals surface area (Å²) in [4.78, 5) is 8.36. The van der Waals surface area contributed by atoms with E-state index in [9.17, 15) is 0 Å². The molecule has 0 saturated carbocycles. The molecule has 0 aliphatic heterocycles. The van der Waals surface area contributed by atoms with Gasteiger partial charge in [0.25, 0.3) is 6.47 Å². The van der Waals surface area contributed by atoms with Crippen LogP contribution in [0.2, 0.25) is 0 Å². The molecule has 0 heterocycles. The second kappa shape index (κ2) is 25.1. The average molecular weight is 90.9 g/mol. The fraction of sp³-hybridized carbons (Fsp3) is 0. The van der Waals surface area contributed by atoms with Gasteiger partial charge in [-0.2, -0.15) is 0 Å². The van der Waals surface area contributed by atoms with Crippen LogP contribution in [0.25, 0.3) is 0 Å². The SMILES string of the molecule is O=CO.O[B]O. The van der Waals surface area contributed by atoms with Crippen molar-refractivity contribution in [3.05, 3.63) is 0 Å². The number of rotatable bonds is 0. The molecule has 0 aromatic carbocycles. The van der Waals surface area contributed by atoms with Crippen LogP contribution in [-0.2, 0) is 4.79 Å². The standard InChI is InChI=1S/CH2O2.BH2O2/c2*2-1-3/h1H,(H,2,3);2-3H. The van der Waals surface area contributed by atoms with Crippen LogP contribution in [0.1, 0.15) is 0 Å². The Hall–Kier alpha value is -0.545. The first-order chi connectivity index (χ1) is 2.83. The molecule has 0 saturated heterocycles. The number of carboxylic acid groups (broad SMARTS) is 1. The summed E-state index contributed by atoms with van der Waals surface area (Å²) in [6.07, 6.45) is 0. The van der Waals surface area contributed by atoms with Crippen molar-refractivity contribution >= 4 is 14.2 Å². The van der Waals surface area contributed by atoms with Gasteiger partial charge in [-0.15, -0.1) is 0 Å². The highest BCUT2D eigenvalue weighted by Gasteiger charge is 1.51. The molecule has 0 rings (SSSR count). The molecular weight excluding hydrogens is 86.8 g/mol. The first-order valence-electron chi connectivity index (χ1n) is 1.01. The lowest BCUT2D eigenvalue weighted by atomic mass is 10.5. The minimum Gasteiger partial charge on any atom is -0.483 e. The van der Waals surface area contributed by atoms with Crippen molar-refractivity contribution in [3.63, 3.8) is 0 Å². The van der Waals surface area contributed by atoms with Crippen LogP contribution in [0, 0.1) is 0 Å². The van der Waals surface area contributed by atoms with Gasteiger partial charge in [0.15, 0.2) is 0 Å². The molecule has 0 spiro atoms. The van der Waals surface area contributed by atoms with Crippen molar-refractivity contribution in [2.75, 3.05) is 0 Å². The highest BCUT2D eigenvalue weighted by Crippen LogP contribution is 1.08. The molecule has 0 atom stereocenters. The van der Waals surface area contributed by atoms with Crippen molar-refractivity contribution in [3.8, 4) is 0 Å². The van der Waals surface area contributed by atoms with E-state index in [4.69, 9.17) is 19.9 Å². The van der Waals surface area contributed by atoms with Gasteiger partial charge in [0.1, 0.15) is 0 Å². The number of carbonyl (C=O) groups is 1. The van der Waals surface area contributed by atoms with Gasteiger partial charge in [-0.1, -0.05) is 0 Å². The van der Waals surface area contributed by atoms with Gasteiger partial charge < -0.3 is 15.2 Å². The van der Waals surface area contributed by atoms with Gasteiger partial charge in [0, 0.05) is 0 Å². The summed E-state index contributed by atoms with van der Waals surface area (Å²) >= 11 is 0. The maximum Gasteiger partial charge on any atom is 0.482 e. The third kappa shape index (κ3) is 70.1. The summed E-state index contributed by atoms with van der Waals surface area (Å²) in [5, 5.41) is 20.9. The zero-order valence-electron chi connectivity index (χ0n) is 2.90. The summed E-state index contributed by atoms with van der Waals surface area (Å²) in [5.41, 5.74) is 0. The Morgan fingerprint density at radius 3 is 1.50 bits per heavy atom. The van der Waals surface area contributed by atoms with Crippen LogP contribution in [-0.4, -0.2) is 29.3 Å². The molecule has 6 heavy (non-hydrogen) atoms. The molecule has 0 aromatic rings. The molecule has 0 aromatic heterocycles. The highest BCUT2D eigenvalue weighted by molar-refractivity contribution is 6.13. The fourth-order valence-electron chi connectivity index (χ4n) is 0. The molecule has 4 nitrogen and oxygen atoms in total. The summed E-state index contributed by atoms with van der Waals surface area (Å²) in [5.74, 6) is 0. The van der Waals surface area contributed by atoms with Gasteiger partial charge in [0.2, 0.25) is 0 Å². The van der Waals surface area contributed by atoms with E-state index >= 15 is 0 Å². The lowest BCUT2D eigenvalue weighted by molar-refractivity contribution is -0.122. The summed E-state index contributed by atoms with van der Waals surface area (Å²) < 4.78 is 0. The normalized spacial score (nSPS) is 4.33. The molecule has 3 N–H and O–H groups in total. The number of hydrogen-bond donors (Lipinski definition) is 3. The first-order valence-corrected chi connectivity index (χ1v) is 1.01. The summed E-state index contributed by atoms with van der Waals surface area (Å²) in [6.45, 7) is -0.250. The molecule has 1 radical (unpaired) electrons. The molecule has 0 amide bonds. The van der Waals surface area contributed by atoms with E-state index in [0.29, 0.717) is 0 Å². The van der Waals surface area contributed by atoms with Crippen molar-refractivity contribution in [2.24, 2.45) is 0 Å². The summed E-state index contributed by atoms with van der Waals surface area (Å²) in [6, 6.07) is 0. The average Bonchev–Trinajstić information content (AvgIpc) is 1.39. The van der Waals surface area contributed by atoms with Crippen LogP contribution in [0.15, 0.2) is 0 Å². The molecule has 0 unspecified atom stereocenters. The van der Waals surface area contributed by atoms with Gasteiger partial charge in [-0.3, -0.25) is 4.79 Å². The second-order valence-electron chi connectivity index (χ2n) is 0.221. The Morgan fingerprint density at radius 1 is 1.50 bits per heavy atom. The van der Waals surface area contributed by atoms with Gasteiger partial charge in [-0.25, -0.2) is 0 Å². The lowest BCUT2D eigenvalue weighted by Crippen LogP contribution is -1.75. The largest absolute Gasteiger partial charge is 0.483 e. The highest BCUT2D eigenvalue weighted by atomic mass is 16.4. The van der Waals surface area contributed by atoms with Gasteiger partial charge >= 0.3 is 7.69 Å². The maximum absolute atomic E-state index is 8.36. The molecule has 0 bridgehead atoms. The Bertz CT molecular complexity index is 21.5. The van der Waals surface area contributed by atoms with Crippen LogP contribution < -0.4 is 0 Å². The predicted molar refractivity (Wildman–Crippen MR) is 18.9 cm³/mol. The van der Waals surface area contributed by atoms with Crippen molar-refractivity contribution in [1.29, 1.82) is 0 Å². The predicted octanol–water partition coefficient (Wildman–Crippen LogP) is -1.79. The molecular formula is CH4BO4. The van der Waals surface area contributed by atoms with E-state index in [1.807, 2.05) is 0 Å². The fourth-order valence-corrected chi connectivity index (χ4v) is 0. The second-order valence-corrected chi connectivity index (χ2v) is 0.221. The third-order valence-electron chi connectivity index (χ3n) is 0. The van der Waals surface area contributed by atoms with Crippen LogP contribution in [0.4, 0.5) is 0 Å². The molecule has 5 heteroatoms. The van der Waals surface area contributed by atoms with Crippen LogP contribution >= 0.6 is 0 Å². The van der Waals surface area contributed by atoms with Crippen molar-refractivity contribution < 1.29 is 19.9 Å². The Morgan fingerprint density at radius 2 is 1.50 bits per heavy atom. The van der Waals surface area contributed by atoms with E-state index in [0.717, 1.165) is 0 Å². The van der Waals surface area contributed by atoms with Gasteiger partial charge in [0.05, 0.1) is 0 Å². The smallest absolute Gasteiger partial charge is 0.482 e.